The zero-order valence-corrected chi connectivity index (χ0v) is 12.1. The summed E-state index contributed by atoms with van der Waals surface area (Å²) in [6, 6.07) is 0. The molecule has 0 aromatic carbocycles. The van der Waals surface area contributed by atoms with Gasteiger partial charge in [0.05, 0.1) is 10.7 Å². The molecule has 0 saturated heterocycles. The quantitative estimate of drug-likeness (QED) is 0.608. The van der Waals surface area contributed by atoms with Gasteiger partial charge in [-0.25, -0.2) is 4.44 Å². The van der Waals surface area contributed by atoms with E-state index in [1.54, 1.807) is 0 Å². The Hall–Kier alpha value is -0.430. The van der Waals surface area contributed by atoms with Crippen LogP contribution in [0.25, 0.3) is 0 Å². The molecule has 0 saturated carbocycles. The van der Waals surface area contributed by atoms with E-state index in [0.29, 0.717) is 14.0 Å². The third-order valence-electron chi connectivity index (χ3n) is 1.72. The van der Waals surface area contributed by atoms with Crippen LogP contribution in [-0.2, 0) is 16.1 Å². The van der Waals surface area contributed by atoms with Gasteiger partial charge in [0.1, 0.15) is 13.2 Å². The minimum Gasteiger partial charge on any atom is -0.321 e. The standard InChI is InChI=1S/C8H10F6N2O2P2/c1-5-6(19-16(2)15-5)20(17-3-7(9,10)11)18-4-8(12,13)14/h3-4H2,1-2H3. The van der Waals surface area contributed by atoms with Crippen molar-refractivity contribution in [3.8, 4) is 0 Å². The van der Waals surface area contributed by atoms with Crippen LogP contribution in [0.2, 0.25) is 0 Å². The van der Waals surface area contributed by atoms with Crippen LogP contribution in [0.3, 0.4) is 0 Å². The van der Waals surface area contributed by atoms with Gasteiger partial charge in [-0.1, -0.05) is 0 Å². The Bertz CT molecular complexity index is 429. The maximum Gasteiger partial charge on any atom is 0.412 e. The average Bonchev–Trinajstić information content (AvgIpc) is 2.55. The second-order valence-corrected chi connectivity index (χ2v) is 6.69. The molecule has 0 amide bonds. The van der Waals surface area contributed by atoms with Crippen LogP contribution in [0.4, 0.5) is 26.3 Å². The molecule has 0 radical (unpaired) electrons. The highest BCUT2D eigenvalue weighted by Gasteiger charge is 2.35. The summed E-state index contributed by atoms with van der Waals surface area (Å²) in [7, 11) is -0.596. The lowest BCUT2D eigenvalue weighted by molar-refractivity contribution is -0.161. The third kappa shape index (κ3) is 6.35. The smallest absolute Gasteiger partial charge is 0.321 e. The Labute approximate surface area is 113 Å². The minimum atomic E-state index is -4.64. The molecule has 0 atom stereocenters. The first kappa shape index (κ1) is 17.6. The molecule has 1 rings (SSSR count). The molecule has 20 heavy (non-hydrogen) atoms. The van der Waals surface area contributed by atoms with Gasteiger partial charge < -0.3 is 9.05 Å². The van der Waals surface area contributed by atoms with Crippen molar-refractivity contribution in [2.45, 2.75) is 19.3 Å². The summed E-state index contributed by atoms with van der Waals surface area (Å²) in [5, 5.41) is 4.05. The molecule has 12 heteroatoms. The van der Waals surface area contributed by atoms with Crippen LogP contribution in [0.5, 0.6) is 0 Å². The topological polar surface area (TPSA) is 36.3 Å². The zero-order valence-electron chi connectivity index (χ0n) is 10.3. The van der Waals surface area contributed by atoms with Gasteiger partial charge in [0.25, 0.3) is 0 Å². The van der Waals surface area contributed by atoms with Crippen molar-refractivity contribution in [2.24, 2.45) is 7.05 Å². The number of nitrogens with zero attached hydrogens (tertiary/aromatic N) is 2. The molecule has 0 aliphatic heterocycles. The monoisotopic (exact) mass is 342 g/mol. The first-order chi connectivity index (χ1) is 8.98. The average molecular weight is 342 g/mol. The van der Waals surface area contributed by atoms with Gasteiger partial charge in [0, 0.05) is 15.4 Å². The van der Waals surface area contributed by atoms with Crippen LogP contribution in [0.15, 0.2) is 0 Å². The highest BCUT2D eigenvalue weighted by atomic mass is 31.2. The van der Waals surface area contributed by atoms with Gasteiger partial charge in [-0.15, -0.1) is 0 Å². The molecular weight excluding hydrogens is 332 g/mol. The summed E-state index contributed by atoms with van der Waals surface area (Å²) in [4.78, 5) is 0. The predicted molar refractivity (Wildman–Crippen MR) is 61.0 cm³/mol. The molecule has 1 heterocycles. The number of aromatic nitrogens is 2. The van der Waals surface area contributed by atoms with Gasteiger partial charge in [-0.2, -0.15) is 31.4 Å². The van der Waals surface area contributed by atoms with E-state index in [1.165, 1.54) is 18.4 Å². The molecule has 0 aliphatic carbocycles. The summed E-state index contributed by atoms with van der Waals surface area (Å²) < 4.78 is 82.9. The van der Waals surface area contributed by atoms with Gasteiger partial charge in [0.2, 0.25) is 8.38 Å². The van der Waals surface area contributed by atoms with Gasteiger partial charge in [-0.3, -0.25) is 0 Å². The summed E-state index contributed by atoms with van der Waals surface area (Å²) in [6.45, 7) is -1.88. The largest absolute Gasteiger partial charge is 0.412 e. The van der Waals surface area contributed by atoms with Crippen LogP contribution >= 0.6 is 16.7 Å². The normalized spacial score (nSPS) is 13.7. The first-order valence-electron chi connectivity index (χ1n) is 5.05. The molecule has 0 N–H and O–H groups in total. The van der Waals surface area contributed by atoms with Gasteiger partial charge >= 0.3 is 12.4 Å². The van der Waals surface area contributed by atoms with Crippen LogP contribution in [-0.4, -0.2) is 35.1 Å². The van der Waals surface area contributed by atoms with Crippen LogP contribution < -0.4 is 5.04 Å². The number of hydrogen-bond acceptors (Lipinski definition) is 3. The van der Waals surface area contributed by atoms with Crippen molar-refractivity contribution in [3.63, 3.8) is 0 Å². The van der Waals surface area contributed by atoms with Crippen molar-refractivity contribution in [2.75, 3.05) is 13.2 Å². The van der Waals surface area contributed by atoms with Crippen LogP contribution in [0.1, 0.15) is 5.69 Å². The summed E-state index contributed by atoms with van der Waals surface area (Å²) in [5.74, 6) is 0. The number of halogens is 6. The fraction of sp³-hybridized carbons (Fsp3) is 0.750. The number of alkyl halides is 6. The second kappa shape index (κ2) is 6.56. The van der Waals surface area contributed by atoms with E-state index in [0.717, 1.165) is 0 Å². The van der Waals surface area contributed by atoms with E-state index >= 15 is 0 Å². The van der Waals surface area contributed by atoms with E-state index in [-0.39, 0.29) is 5.04 Å². The zero-order chi connectivity index (χ0) is 15.6. The Morgan fingerprint density at radius 2 is 1.55 bits per heavy atom. The second-order valence-electron chi connectivity index (χ2n) is 3.63. The van der Waals surface area contributed by atoms with E-state index in [2.05, 4.69) is 14.1 Å². The first-order valence-corrected chi connectivity index (χ1v) is 7.08. The Morgan fingerprint density at radius 3 is 1.85 bits per heavy atom. The molecule has 0 fully saturated rings. The lowest BCUT2D eigenvalue weighted by Gasteiger charge is -2.18. The molecular formula is C8H10F6N2O2P2. The summed E-state index contributed by atoms with van der Waals surface area (Å²) in [5.41, 5.74) is 0.296. The van der Waals surface area contributed by atoms with Crippen LogP contribution in [0, 0.1) is 6.92 Å². The molecule has 1 aromatic rings. The molecule has 116 valence electrons. The van der Waals surface area contributed by atoms with E-state index in [1.807, 2.05) is 0 Å². The molecule has 1 aromatic heterocycles. The summed E-state index contributed by atoms with van der Waals surface area (Å²) in [6.07, 6.45) is -9.29. The maximum absolute atomic E-state index is 12.1. The van der Waals surface area contributed by atoms with E-state index in [4.69, 9.17) is 0 Å². The lowest BCUT2D eigenvalue weighted by atomic mass is 10.6. The number of rotatable bonds is 5. The summed E-state index contributed by atoms with van der Waals surface area (Å²) >= 11 is 0. The SMILES string of the molecule is Cc1nn(C)pc1P(OCC(F)(F)F)OCC(F)(F)F. The van der Waals surface area contributed by atoms with E-state index in [9.17, 15) is 26.3 Å². The fourth-order valence-electron chi connectivity index (χ4n) is 1.09. The van der Waals surface area contributed by atoms with Crippen molar-refractivity contribution in [1.29, 1.82) is 0 Å². The number of aryl methyl sites for hydroxylation is 2. The van der Waals surface area contributed by atoms with Gasteiger partial charge in [0.15, 0.2) is 0 Å². The lowest BCUT2D eigenvalue weighted by Crippen LogP contribution is -2.21. The highest BCUT2D eigenvalue weighted by molar-refractivity contribution is 7.66. The highest BCUT2D eigenvalue weighted by Crippen LogP contribution is 2.43. The van der Waals surface area contributed by atoms with Crippen molar-refractivity contribution < 1.29 is 35.4 Å². The Balaban J connectivity index is 2.81. The third-order valence-corrected chi connectivity index (χ3v) is 4.77. The molecule has 0 aliphatic rings. The van der Waals surface area contributed by atoms with Gasteiger partial charge in [-0.05, 0) is 6.92 Å². The molecule has 0 spiro atoms. The minimum absolute atomic E-state index is 0.177. The number of hydrogen-bond donors (Lipinski definition) is 0. The Kier molecular flexibility index (Phi) is 5.78. The van der Waals surface area contributed by atoms with Crippen molar-refractivity contribution in [1.82, 2.24) is 9.54 Å². The maximum atomic E-state index is 12.1. The molecule has 0 unspecified atom stereocenters. The van der Waals surface area contributed by atoms with E-state index < -0.39 is 33.9 Å². The van der Waals surface area contributed by atoms with Crippen molar-refractivity contribution in [3.05, 3.63) is 5.69 Å². The molecule has 0 bridgehead atoms. The van der Waals surface area contributed by atoms with Crippen molar-refractivity contribution >= 4 is 21.8 Å². The fourth-order valence-corrected chi connectivity index (χ4v) is 3.91. The predicted octanol–water partition coefficient (Wildman–Crippen LogP) is 3.40. The molecule has 4 nitrogen and oxygen atoms in total. The Morgan fingerprint density at radius 1 is 1.10 bits per heavy atom.